The fraction of sp³-hybridized carbons (Fsp3) is 1.00. The summed E-state index contributed by atoms with van der Waals surface area (Å²) in [5, 5.41) is 3.23. The second kappa shape index (κ2) is 8.28. The molecule has 1 unspecified atom stereocenters. The first-order valence-electron chi connectivity index (χ1n) is 5.70. The average Bonchev–Trinajstić information content (AvgIpc) is 2.18. The summed E-state index contributed by atoms with van der Waals surface area (Å²) in [6, 6.07) is 0. The topological polar surface area (TPSA) is 47.6 Å². The number of hydrogen-bond acceptors (Lipinski definition) is 4. The van der Waals surface area contributed by atoms with Crippen LogP contribution in [0.3, 0.4) is 0 Å². The van der Waals surface area contributed by atoms with Gasteiger partial charge in [0.1, 0.15) is 0 Å². The van der Waals surface area contributed by atoms with Gasteiger partial charge in [-0.25, -0.2) is 0 Å². The summed E-state index contributed by atoms with van der Waals surface area (Å²) in [6.45, 7) is 10.1. The summed E-state index contributed by atoms with van der Waals surface area (Å²) in [4.78, 5) is 0. The van der Waals surface area contributed by atoms with Crippen LogP contribution in [0.25, 0.3) is 0 Å². The summed E-state index contributed by atoms with van der Waals surface area (Å²) in [5.41, 5.74) is -0.0936. The maximum absolute atomic E-state index is 12.2. The van der Waals surface area contributed by atoms with Crippen LogP contribution in [0.4, 0.5) is 0 Å². The van der Waals surface area contributed by atoms with Crippen LogP contribution in [0, 0.1) is 0 Å². The van der Waals surface area contributed by atoms with Crippen LogP contribution in [-0.2, 0) is 13.6 Å². The molecule has 0 saturated carbocycles. The van der Waals surface area contributed by atoms with E-state index in [0.29, 0.717) is 19.8 Å². The zero-order valence-electron chi connectivity index (χ0n) is 10.3. The van der Waals surface area contributed by atoms with Crippen molar-refractivity contribution in [2.24, 2.45) is 0 Å². The summed E-state index contributed by atoms with van der Waals surface area (Å²) in [5.74, 6) is 0. The van der Waals surface area contributed by atoms with Gasteiger partial charge in [-0.15, -0.1) is 0 Å². The van der Waals surface area contributed by atoms with E-state index in [1.165, 1.54) is 0 Å². The Bertz CT molecular complexity index is 189. The fourth-order valence-corrected chi connectivity index (χ4v) is 2.91. The summed E-state index contributed by atoms with van der Waals surface area (Å²) in [6.07, 6.45) is 1.07. The van der Waals surface area contributed by atoms with Gasteiger partial charge in [-0.3, -0.25) is 4.57 Å². The Labute approximate surface area is 93.3 Å². The van der Waals surface area contributed by atoms with E-state index in [4.69, 9.17) is 9.05 Å². The van der Waals surface area contributed by atoms with E-state index in [2.05, 4.69) is 12.2 Å². The second-order valence-corrected chi connectivity index (χ2v) is 5.91. The van der Waals surface area contributed by atoms with E-state index in [1.54, 1.807) is 0 Å². The molecule has 15 heavy (non-hydrogen) atoms. The first-order valence-corrected chi connectivity index (χ1v) is 7.31. The molecule has 0 heterocycles. The standard InChI is InChI=1S/C10H24NO3P/c1-5-8-11-9-10(4)15(12,13-6-2)14-7-3/h10-11H,5-9H2,1-4H3. The van der Waals surface area contributed by atoms with Gasteiger partial charge < -0.3 is 14.4 Å². The highest BCUT2D eigenvalue weighted by Crippen LogP contribution is 2.52. The molecule has 0 aromatic rings. The number of nitrogens with one attached hydrogen (secondary N) is 1. The molecule has 0 aliphatic heterocycles. The lowest BCUT2D eigenvalue weighted by atomic mass is 10.4. The summed E-state index contributed by atoms with van der Waals surface area (Å²) >= 11 is 0. The van der Waals surface area contributed by atoms with E-state index >= 15 is 0 Å². The smallest absolute Gasteiger partial charge is 0.316 e. The zero-order valence-corrected chi connectivity index (χ0v) is 11.2. The molecule has 1 N–H and O–H groups in total. The van der Waals surface area contributed by atoms with Crippen molar-refractivity contribution < 1.29 is 13.6 Å². The zero-order chi connectivity index (χ0) is 11.7. The van der Waals surface area contributed by atoms with Crippen LogP contribution < -0.4 is 5.32 Å². The molecule has 0 aromatic heterocycles. The third kappa shape index (κ3) is 5.67. The van der Waals surface area contributed by atoms with Crippen molar-refractivity contribution in [3.05, 3.63) is 0 Å². The van der Waals surface area contributed by atoms with Crippen LogP contribution in [0.1, 0.15) is 34.1 Å². The van der Waals surface area contributed by atoms with Crippen molar-refractivity contribution in [1.82, 2.24) is 5.32 Å². The molecule has 0 aromatic carbocycles. The maximum atomic E-state index is 12.2. The first-order chi connectivity index (χ1) is 7.10. The SMILES string of the molecule is CCCNCC(C)P(=O)(OCC)OCC. The van der Waals surface area contributed by atoms with Gasteiger partial charge in [0.05, 0.1) is 18.9 Å². The lowest BCUT2D eigenvalue weighted by Crippen LogP contribution is -2.26. The molecule has 4 nitrogen and oxygen atoms in total. The normalized spacial score (nSPS) is 14.1. The molecule has 0 fully saturated rings. The summed E-state index contributed by atoms with van der Waals surface area (Å²) in [7, 11) is -2.91. The highest BCUT2D eigenvalue weighted by molar-refractivity contribution is 7.54. The van der Waals surface area contributed by atoms with Crippen molar-refractivity contribution in [2.45, 2.75) is 39.8 Å². The molecular formula is C10H24NO3P. The van der Waals surface area contributed by atoms with Gasteiger partial charge in [0, 0.05) is 6.54 Å². The van der Waals surface area contributed by atoms with Gasteiger partial charge in [0.2, 0.25) is 0 Å². The minimum absolute atomic E-state index is 0.0936. The van der Waals surface area contributed by atoms with E-state index < -0.39 is 7.60 Å². The lowest BCUT2D eigenvalue weighted by Gasteiger charge is -2.23. The molecule has 0 rings (SSSR count). The van der Waals surface area contributed by atoms with Gasteiger partial charge in [0.15, 0.2) is 0 Å². The van der Waals surface area contributed by atoms with Gasteiger partial charge in [-0.2, -0.15) is 0 Å². The van der Waals surface area contributed by atoms with Crippen molar-refractivity contribution in [2.75, 3.05) is 26.3 Å². The monoisotopic (exact) mass is 237 g/mol. The Morgan fingerprint density at radius 3 is 2.13 bits per heavy atom. The Balaban J connectivity index is 4.15. The number of rotatable bonds is 9. The molecule has 0 aliphatic carbocycles. The predicted molar refractivity (Wildman–Crippen MR) is 63.5 cm³/mol. The van der Waals surface area contributed by atoms with Crippen molar-refractivity contribution in [3.8, 4) is 0 Å². The lowest BCUT2D eigenvalue weighted by molar-refractivity contribution is 0.212. The van der Waals surface area contributed by atoms with E-state index in [0.717, 1.165) is 13.0 Å². The molecular weight excluding hydrogens is 213 g/mol. The van der Waals surface area contributed by atoms with Crippen molar-refractivity contribution >= 4 is 7.60 Å². The third-order valence-electron chi connectivity index (χ3n) is 2.02. The predicted octanol–water partition coefficient (Wildman–Crippen LogP) is 2.64. The Morgan fingerprint density at radius 2 is 1.73 bits per heavy atom. The highest BCUT2D eigenvalue weighted by Gasteiger charge is 2.31. The van der Waals surface area contributed by atoms with Crippen molar-refractivity contribution in [3.63, 3.8) is 0 Å². The van der Waals surface area contributed by atoms with Crippen LogP contribution in [0.15, 0.2) is 0 Å². The second-order valence-electron chi connectivity index (χ2n) is 3.43. The molecule has 0 amide bonds. The first kappa shape index (κ1) is 15.1. The van der Waals surface area contributed by atoms with Crippen LogP contribution in [0.5, 0.6) is 0 Å². The summed E-state index contributed by atoms with van der Waals surface area (Å²) < 4.78 is 22.7. The van der Waals surface area contributed by atoms with Gasteiger partial charge in [0.25, 0.3) is 0 Å². The van der Waals surface area contributed by atoms with E-state index in [9.17, 15) is 4.57 Å². The average molecular weight is 237 g/mol. The molecule has 92 valence electrons. The largest absolute Gasteiger partial charge is 0.334 e. The third-order valence-corrected chi connectivity index (χ3v) is 4.52. The molecule has 1 atom stereocenters. The van der Waals surface area contributed by atoms with Crippen LogP contribution in [-0.4, -0.2) is 32.0 Å². The highest BCUT2D eigenvalue weighted by atomic mass is 31.2. The Hall–Kier alpha value is 0.110. The molecule has 0 spiro atoms. The quantitative estimate of drug-likeness (QED) is 0.494. The molecule has 5 heteroatoms. The van der Waals surface area contributed by atoms with E-state index in [-0.39, 0.29) is 5.66 Å². The van der Waals surface area contributed by atoms with Crippen LogP contribution >= 0.6 is 7.60 Å². The van der Waals surface area contributed by atoms with Crippen molar-refractivity contribution in [1.29, 1.82) is 0 Å². The molecule has 0 radical (unpaired) electrons. The van der Waals surface area contributed by atoms with Gasteiger partial charge in [-0.1, -0.05) is 6.92 Å². The Kier molecular flexibility index (Phi) is 8.34. The fourth-order valence-electron chi connectivity index (χ4n) is 1.25. The van der Waals surface area contributed by atoms with Gasteiger partial charge >= 0.3 is 7.60 Å². The minimum atomic E-state index is -2.91. The molecule has 0 saturated heterocycles. The molecule has 0 aliphatic rings. The van der Waals surface area contributed by atoms with E-state index in [1.807, 2.05) is 20.8 Å². The van der Waals surface area contributed by atoms with Gasteiger partial charge in [-0.05, 0) is 33.7 Å². The number of hydrogen-bond donors (Lipinski definition) is 1. The Morgan fingerprint density at radius 1 is 1.20 bits per heavy atom. The maximum Gasteiger partial charge on any atom is 0.334 e. The van der Waals surface area contributed by atoms with Crippen LogP contribution in [0.2, 0.25) is 0 Å². The molecule has 0 bridgehead atoms. The minimum Gasteiger partial charge on any atom is -0.316 e.